The number of anilines is 3. The first-order valence-electron chi connectivity index (χ1n) is 6.66. The van der Waals surface area contributed by atoms with Crippen molar-refractivity contribution in [3.8, 4) is 0 Å². The van der Waals surface area contributed by atoms with Crippen molar-refractivity contribution in [2.45, 2.75) is 4.90 Å². The van der Waals surface area contributed by atoms with Gasteiger partial charge in [-0.25, -0.2) is 13.6 Å². The summed E-state index contributed by atoms with van der Waals surface area (Å²) in [5.74, 6) is -0.539. The zero-order valence-electron chi connectivity index (χ0n) is 12.4. The second kappa shape index (κ2) is 6.44. The highest BCUT2D eigenvalue weighted by Crippen LogP contribution is 2.24. The second-order valence-electron chi connectivity index (χ2n) is 4.80. The molecule has 3 rings (SSSR count). The van der Waals surface area contributed by atoms with Crippen LogP contribution >= 0.6 is 22.9 Å². The molecule has 0 spiro atoms. The van der Waals surface area contributed by atoms with Gasteiger partial charge in [-0.2, -0.15) is 9.67 Å². The molecular formula is C13H11ClN6O3S2. The number of benzene rings is 1. The summed E-state index contributed by atoms with van der Waals surface area (Å²) in [6.45, 7) is 0. The molecule has 0 aliphatic rings. The van der Waals surface area contributed by atoms with Gasteiger partial charge >= 0.3 is 0 Å². The minimum Gasteiger partial charge on any atom is -0.368 e. The number of halogens is 1. The number of aromatic nitrogens is 3. The number of thiophene rings is 1. The number of hydrogen-bond donors (Lipinski definition) is 3. The molecule has 2 heterocycles. The maximum absolute atomic E-state index is 12.4. The van der Waals surface area contributed by atoms with Crippen molar-refractivity contribution in [3.05, 3.63) is 45.6 Å². The number of nitrogens with one attached hydrogen (secondary N) is 1. The van der Waals surface area contributed by atoms with E-state index in [0.29, 0.717) is 15.6 Å². The lowest BCUT2D eigenvalue weighted by atomic mass is 10.3. The first-order valence-corrected chi connectivity index (χ1v) is 9.46. The smallest absolute Gasteiger partial charge is 0.293 e. The fourth-order valence-corrected chi connectivity index (χ4v) is 3.50. The number of sulfonamides is 1. The highest BCUT2D eigenvalue weighted by atomic mass is 35.5. The topological polar surface area (TPSA) is 146 Å². The Kier molecular flexibility index (Phi) is 4.47. The van der Waals surface area contributed by atoms with Crippen molar-refractivity contribution in [3.63, 3.8) is 0 Å². The van der Waals surface area contributed by atoms with Crippen molar-refractivity contribution in [1.82, 2.24) is 14.8 Å². The molecule has 2 aromatic heterocycles. The Bertz CT molecular complexity index is 1040. The number of nitrogens with zero attached hydrogens (tertiary/aromatic N) is 3. The molecule has 5 N–H and O–H groups in total. The van der Waals surface area contributed by atoms with Crippen LogP contribution in [0.15, 0.2) is 40.6 Å². The van der Waals surface area contributed by atoms with Crippen molar-refractivity contribution in [1.29, 1.82) is 0 Å². The number of hydrogen-bond acceptors (Lipinski definition) is 8. The van der Waals surface area contributed by atoms with Gasteiger partial charge in [-0.15, -0.1) is 16.4 Å². The van der Waals surface area contributed by atoms with Gasteiger partial charge in [0.25, 0.3) is 5.91 Å². The molecule has 25 heavy (non-hydrogen) atoms. The zero-order valence-corrected chi connectivity index (χ0v) is 14.8. The lowest BCUT2D eigenvalue weighted by Crippen LogP contribution is -2.15. The Labute approximate surface area is 151 Å². The minimum absolute atomic E-state index is 0.0291. The Morgan fingerprint density at radius 3 is 2.48 bits per heavy atom. The number of nitrogens with two attached hydrogens (primary N) is 2. The van der Waals surface area contributed by atoms with Crippen LogP contribution in [0.5, 0.6) is 0 Å². The third kappa shape index (κ3) is 3.64. The monoisotopic (exact) mass is 398 g/mol. The number of primary sulfonamides is 1. The average molecular weight is 399 g/mol. The molecule has 0 bridgehead atoms. The summed E-state index contributed by atoms with van der Waals surface area (Å²) in [5, 5.41) is 13.8. The molecule has 0 amide bonds. The molecule has 0 unspecified atom stereocenters. The quantitative estimate of drug-likeness (QED) is 0.605. The van der Waals surface area contributed by atoms with E-state index in [0.717, 1.165) is 16.0 Å². The molecular weight excluding hydrogens is 388 g/mol. The van der Waals surface area contributed by atoms with Crippen molar-refractivity contribution in [2.75, 3.05) is 11.1 Å². The Balaban J connectivity index is 1.83. The number of carbonyl (C=O) groups excluding carboxylic acids is 1. The summed E-state index contributed by atoms with van der Waals surface area (Å²) in [6.07, 6.45) is 0. The maximum Gasteiger partial charge on any atom is 0.293 e. The van der Waals surface area contributed by atoms with E-state index >= 15 is 0 Å². The van der Waals surface area contributed by atoms with E-state index < -0.39 is 15.9 Å². The molecule has 0 aliphatic carbocycles. The van der Waals surface area contributed by atoms with Crippen LogP contribution < -0.4 is 16.2 Å². The summed E-state index contributed by atoms with van der Waals surface area (Å²) < 4.78 is 23.4. The molecule has 0 atom stereocenters. The summed E-state index contributed by atoms with van der Waals surface area (Å²) in [6, 6.07) is 7.21. The lowest BCUT2D eigenvalue weighted by Gasteiger charge is -2.03. The summed E-state index contributed by atoms with van der Waals surface area (Å²) in [7, 11) is -3.77. The van der Waals surface area contributed by atoms with Crippen LogP contribution in [0.2, 0.25) is 5.02 Å². The first-order chi connectivity index (χ1) is 11.8. The van der Waals surface area contributed by atoms with E-state index in [-0.39, 0.29) is 16.8 Å². The predicted octanol–water partition coefficient (Wildman–Crippen LogP) is 1.65. The lowest BCUT2D eigenvalue weighted by molar-refractivity contribution is 0.0952. The molecule has 0 saturated heterocycles. The van der Waals surface area contributed by atoms with Gasteiger partial charge in [0.2, 0.25) is 21.9 Å². The molecule has 3 aromatic rings. The van der Waals surface area contributed by atoms with E-state index in [4.69, 9.17) is 22.5 Å². The highest BCUT2D eigenvalue weighted by molar-refractivity contribution is 7.89. The van der Waals surface area contributed by atoms with Crippen LogP contribution in [0.25, 0.3) is 0 Å². The van der Waals surface area contributed by atoms with Crippen LogP contribution in [0, 0.1) is 0 Å². The largest absolute Gasteiger partial charge is 0.368 e. The molecule has 0 fully saturated rings. The zero-order chi connectivity index (χ0) is 18.2. The maximum atomic E-state index is 12.4. The Morgan fingerprint density at radius 1 is 1.24 bits per heavy atom. The predicted molar refractivity (Wildman–Crippen MR) is 94.6 cm³/mol. The van der Waals surface area contributed by atoms with Crippen LogP contribution in [0.1, 0.15) is 9.67 Å². The standard InChI is InChI=1S/C13H11ClN6O3S2/c14-9-5-6-24-10(9)11(21)20-12(15)18-13(19-20)17-7-1-3-8(4-2-7)25(16,22)23/h1-6H,(H2,16,22,23)(H3,15,17,18,19). The number of rotatable bonds is 4. The molecule has 9 nitrogen and oxygen atoms in total. The van der Waals surface area contributed by atoms with Gasteiger partial charge in [0.1, 0.15) is 4.88 Å². The Morgan fingerprint density at radius 2 is 1.92 bits per heavy atom. The van der Waals surface area contributed by atoms with Crippen LogP contribution in [0.4, 0.5) is 17.6 Å². The number of nitrogen functional groups attached to an aromatic ring is 1. The highest BCUT2D eigenvalue weighted by Gasteiger charge is 2.19. The first kappa shape index (κ1) is 17.4. The van der Waals surface area contributed by atoms with Crippen LogP contribution in [-0.2, 0) is 10.0 Å². The Hall–Kier alpha value is -2.47. The average Bonchev–Trinajstić information content (AvgIpc) is 3.12. The minimum atomic E-state index is -3.77. The van der Waals surface area contributed by atoms with Gasteiger partial charge in [0.05, 0.1) is 9.92 Å². The summed E-state index contributed by atoms with van der Waals surface area (Å²) in [5.41, 5.74) is 6.22. The van der Waals surface area contributed by atoms with Gasteiger partial charge in [0, 0.05) is 5.69 Å². The second-order valence-corrected chi connectivity index (χ2v) is 7.69. The van der Waals surface area contributed by atoms with Gasteiger partial charge in [0.15, 0.2) is 0 Å². The van der Waals surface area contributed by atoms with Crippen LogP contribution in [0.3, 0.4) is 0 Å². The third-order valence-corrected chi connectivity index (χ3v) is 5.33. The normalized spacial score (nSPS) is 11.4. The third-order valence-electron chi connectivity index (χ3n) is 3.07. The van der Waals surface area contributed by atoms with Gasteiger partial charge < -0.3 is 11.1 Å². The molecule has 0 saturated carbocycles. The fraction of sp³-hybridized carbons (Fsp3) is 0. The van der Waals surface area contributed by atoms with E-state index in [1.165, 1.54) is 24.3 Å². The van der Waals surface area contributed by atoms with Gasteiger partial charge in [-0.3, -0.25) is 4.79 Å². The van der Waals surface area contributed by atoms with Gasteiger partial charge in [-0.1, -0.05) is 11.6 Å². The van der Waals surface area contributed by atoms with E-state index in [2.05, 4.69) is 15.4 Å². The number of carbonyl (C=O) groups is 1. The van der Waals surface area contributed by atoms with Crippen molar-refractivity contribution in [2.24, 2.45) is 5.14 Å². The molecule has 12 heteroatoms. The van der Waals surface area contributed by atoms with Crippen LogP contribution in [-0.4, -0.2) is 29.1 Å². The van der Waals surface area contributed by atoms with E-state index in [1.54, 1.807) is 11.4 Å². The molecule has 1 aromatic carbocycles. The molecule has 0 aliphatic heterocycles. The SMILES string of the molecule is Nc1nc(Nc2ccc(S(N)(=O)=O)cc2)nn1C(=O)c1sccc1Cl. The molecule has 0 radical (unpaired) electrons. The van der Waals surface area contributed by atoms with Crippen molar-refractivity contribution >= 4 is 56.5 Å². The summed E-state index contributed by atoms with van der Waals surface area (Å²) in [4.78, 5) is 16.6. The van der Waals surface area contributed by atoms with E-state index in [1.807, 2.05) is 0 Å². The van der Waals surface area contributed by atoms with E-state index in [9.17, 15) is 13.2 Å². The molecule has 130 valence electrons. The fourth-order valence-electron chi connectivity index (χ4n) is 1.93. The van der Waals surface area contributed by atoms with Gasteiger partial charge in [-0.05, 0) is 35.7 Å². The van der Waals surface area contributed by atoms with Crippen molar-refractivity contribution < 1.29 is 13.2 Å². The summed E-state index contributed by atoms with van der Waals surface area (Å²) >= 11 is 7.10.